The van der Waals surface area contributed by atoms with E-state index in [-0.39, 0.29) is 18.0 Å². The van der Waals surface area contributed by atoms with Crippen LogP contribution in [0.1, 0.15) is 30.5 Å². The van der Waals surface area contributed by atoms with Crippen molar-refractivity contribution >= 4 is 23.2 Å². The second-order valence-corrected chi connectivity index (χ2v) is 7.25. The van der Waals surface area contributed by atoms with Crippen LogP contribution in [0, 0.1) is 0 Å². The Morgan fingerprint density at radius 3 is 2.39 bits per heavy atom. The Balaban J connectivity index is 1.84. The standard InChI is InChI=1S/C22H24F3N3O3/c1-15(29)26-18(16-5-3-2-4-6-16)14-21(30)27-19-13-17(22(23,24)25)7-8-20(19)28-9-11-31-12-10-28/h2-8,13,18H,9-12,14H2,1H3,(H,26,29)(H,27,30)/t18-/m1/s1. The highest BCUT2D eigenvalue weighted by Crippen LogP contribution is 2.36. The molecule has 9 heteroatoms. The third kappa shape index (κ3) is 6.21. The fourth-order valence-electron chi connectivity index (χ4n) is 3.46. The third-order valence-electron chi connectivity index (χ3n) is 4.92. The van der Waals surface area contributed by atoms with Crippen molar-refractivity contribution in [2.45, 2.75) is 25.6 Å². The summed E-state index contributed by atoms with van der Waals surface area (Å²) in [6, 6.07) is 11.6. The number of anilines is 2. The van der Waals surface area contributed by atoms with Crippen LogP contribution in [0.3, 0.4) is 0 Å². The van der Waals surface area contributed by atoms with Gasteiger partial charge in [-0.15, -0.1) is 0 Å². The minimum Gasteiger partial charge on any atom is -0.378 e. The van der Waals surface area contributed by atoms with E-state index < -0.39 is 23.7 Å². The number of nitrogens with one attached hydrogen (secondary N) is 2. The summed E-state index contributed by atoms with van der Waals surface area (Å²) in [5, 5.41) is 5.34. The third-order valence-corrected chi connectivity index (χ3v) is 4.92. The maximum atomic E-state index is 13.3. The van der Waals surface area contributed by atoms with Gasteiger partial charge >= 0.3 is 6.18 Å². The van der Waals surface area contributed by atoms with Gasteiger partial charge in [-0.2, -0.15) is 13.2 Å². The lowest BCUT2D eigenvalue weighted by Crippen LogP contribution is -2.37. The van der Waals surface area contributed by atoms with Crippen molar-refractivity contribution in [1.82, 2.24) is 5.32 Å². The fourth-order valence-corrected chi connectivity index (χ4v) is 3.46. The topological polar surface area (TPSA) is 70.7 Å². The van der Waals surface area contributed by atoms with Gasteiger partial charge in [-0.3, -0.25) is 9.59 Å². The largest absolute Gasteiger partial charge is 0.416 e. The van der Waals surface area contributed by atoms with E-state index in [1.54, 1.807) is 24.3 Å². The molecule has 6 nitrogen and oxygen atoms in total. The Hall–Kier alpha value is -3.07. The zero-order valence-electron chi connectivity index (χ0n) is 17.0. The Morgan fingerprint density at radius 2 is 1.77 bits per heavy atom. The highest BCUT2D eigenvalue weighted by molar-refractivity contribution is 5.95. The van der Waals surface area contributed by atoms with E-state index in [1.165, 1.54) is 13.0 Å². The molecule has 166 valence electrons. The number of hydrogen-bond acceptors (Lipinski definition) is 4. The first-order valence-corrected chi connectivity index (χ1v) is 9.90. The van der Waals surface area contributed by atoms with Crippen LogP contribution in [0.2, 0.25) is 0 Å². The van der Waals surface area contributed by atoms with Gasteiger partial charge in [0, 0.05) is 20.0 Å². The first-order chi connectivity index (χ1) is 14.7. The van der Waals surface area contributed by atoms with Crippen molar-refractivity contribution in [2.75, 3.05) is 36.5 Å². The summed E-state index contributed by atoms with van der Waals surface area (Å²) in [5.41, 5.74) is 0.461. The lowest BCUT2D eigenvalue weighted by molar-refractivity contribution is -0.137. The lowest BCUT2D eigenvalue weighted by Gasteiger charge is -2.31. The maximum Gasteiger partial charge on any atom is 0.416 e. The molecule has 0 aromatic heterocycles. The Kier molecular flexibility index (Phi) is 7.17. The van der Waals surface area contributed by atoms with Crippen LogP contribution in [-0.2, 0) is 20.5 Å². The highest BCUT2D eigenvalue weighted by Gasteiger charge is 2.32. The van der Waals surface area contributed by atoms with E-state index >= 15 is 0 Å². The molecule has 1 heterocycles. The van der Waals surface area contributed by atoms with Crippen molar-refractivity contribution in [3.63, 3.8) is 0 Å². The number of halogens is 3. The quantitative estimate of drug-likeness (QED) is 0.725. The molecule has 0 unspecified atom stereocenters. The summed E-state index contributed by atoms with van der Waals surface area (Å²) in [4.78, 5) is 26.3. The van der Waals surface area contributed by atoms with Crippen LogP contribution >= 0.6 is 0 Å². The highest BCUT2D eigenvalue weighted by atomic mass is 19.4. The number of carbonyl (C=O) groups excluding carboxylic acids is 2. The van der Waals surface area contributed by atoms with E-state index in [0.717, 1.165) is 17.7 Å². The number of carbonyl (C=O) groups is 2. The van der Waals surface area contributed by atoms with Gasteiger partial charge in [0.2, 0.25) is 11.8 Å². The number of morpholine rings is 1. The van der Waals surface area contributed by atoms with Gasteiger partial charge in [0.1, 0.15) is 0 Å². The molecule has 2 aromatic carbocycles. The molecule has 2 amide bonds. The van der Waals surface area contributed by atoms with Crippen LogP contribution in [-0.4, -0.2) is 38.1 Å². The average molecular weight is 435 g/mol. The van der Waals surface area contributed by atoms with Crippen molar-refractivity contribution < 1.29 is 27.5 Å². The number of rotatable bonds is 6. The van der Waals surface area contributed by atoms with Crippen LogP contribution in [0.15, 0.2) is 48.5 Å². The molecule has 31 heavy (non-hydrogen) atoms. The first-order valence-electron chi connectivity index (χ1n) is 9.90. The smallest absolute Gasteiger partial charge is 0.378 e. The predicted octanol–water partition coefficient (Wildman–Crippen LogP) is 3.75. The predicted molar refractivity (Wildman–Crippen MR) is 111 cm³/mol. The number of alkyl halides is 3. The van der Waals surface area contributed by atoms with Crippen molar-refractivity contribution in [1.29, 1.82) is 0 Å². The molecule has 2 N–H and O–H groups in total. The minimum absolute atomic E-state index is 0.0800. The monoisotopic (exact) mass is 435 g/mol. The molecule has 3 rings (SSSR count). The van der Waals surface area contributed by atoms with Crippen molar-refractivity contribution in [3.05, 3.63) is 59.7 Å². The van der Waals surface area contributed by atoms with Gasteiger partial charge in [-0.05, 0) is 23.8 Å². The molecule has 2 aromatic rings. The Morgan fingerprint density at radius 1 is 1.10 bits per heavy atom. The van der Waals surface area contributed by atoms with Gasteiger partial charge in [-0.1, -0.05) is 30.3 Å². The van der Waals surface area contributed by atoms with Crippen LogP contribution in [0.25, 0.3) is 0 Å². The number of nitrogens with zero attached hydrogens (tertiary/aromatic N) is 1. The second-order valence-electron chi connectivity index (χ2n) is 7.25. The number of amides is 2. The normalized spacial score (nSPS) is 15.3. The molecule has 0 radical (unpaired) electrons. The van der Waals surface area contributed by atoms with Crippen LogP contribution in [0.5, 0.6) is 0 Å². The molecule has 0 aliphatic carbocycles. The zero-order chi connectivity index (χ0) is 22.4. The second kappa shape index (κ2) is 9.82. The summed E-state index contributed by atoms with van der Waals surface area (Å²) in [7, 11) is 0. The number of benzene rings is 2. The van der Waals surface area contributed by atoms with Crippen molar-refractivity contribution in [3.8, 4) is 0 Å². The molecule has 0 saturated carbocycles. The number of hydrogen-bond donors (Lipinski definition) is 2. The van der Waals surface area contributed by atoms with Gasteiger partial charge in [0.15, 0.2) is 0 Å². The molecule has 1 aliphatic heterocycles. The van der Waals surface area contributed by atoms with E-state index in [9.17, 15) is 22.8 Å². The van der Waals surface area contributed by atoms with Gasteiger partial charge < -0.3 is 20.3 Å². The van der Waals surface area contributed by atoms with E-state index in [1.807, 2.05) is 11.0 Å². The lowest BCUT2D eigenvalue weighted by atomic mass is 10.0. The van der Waals surface area contributed by atoms with Gasteiger partial charge in [-0.25, -0.2) is 0 Å². The summed E-state index contributed by atoms with van der Waals surface area (Å²) in [5.74, 6) is -0.814. The Bertz CT molecular complexity index is 913. The summed E-state index contributed by atoms with van der Waals surface area (Å²) >= 11 is 0. The molecule has 1 saturated heterocycles. The van der Waals surface area contributed by atoms with Gasteiger partial charge in [0.25, 0.3) is 0 Å². The minimum atomic E-state index is -4.54. The summed E-state index contributed by atoms with van der Waals surface area (Å²) in [6.07, 6.45) is -4.66. The summed E-state index contributed by atoms with van der Waals surface area (Å²) in [6.45, 7) is 3.26. The fraction of sp³-hybridized carbons (Fsp3) is 0.364. The summed E-state index contributed by atoms with van der Waals surface area (Å²) < 4.78 is 45.1. The molecule has 1 atom stereocenters. The van der Waals surface area contributed by atoms with E-state index in [2.05, 4.69) is 10.6 Å². The average Bonchev–Trinajstić information content (AvgIpc) is 2.73. The molecular weight excluding hydrogens is 411 g/mol. The number of ether oxygens (including phenoxy) is 1. The molecule has 1 fully saturated rings. The van der Waals surface area contributed by atoms with E-state index in [4.69, 9.17) is 4.74 Å². The molecule has 0 bridgehead atoms. The van der Waals surface area contributed by atoms with E-state index in [0.29, 0.717) is 32.0 Å². The van der Waals surface area contributed by atoms with Crippen molar-refractivity contribution in [2.24, 2.45) is 0 Å². The SMILES string of the molecule is CC(=O)N[C@H](CC(=O)Nc1cc(C(F)(F)F)ccc1N1CCOCC1)c1ccccc1. The maximum absolute atomic E-state index is 13.3. The zero-order valence-corrected chi connectivity index (χ0v) is 17.0. The molecule has 1 aliphatic rings. The van der Waals surface area contributed by atoms with Crippen LogP contribution in [0.4, 0.5) is 24.5 Å². The Labute approximate surface area is 178 Å². The molecular formula is C22H24F3N3O3. The van der Waals surface area contributed by atoms with Gasteiger partial charge in [0.05, 0.1) is 42.6 Å². The molecule has 0 spiro atoms. The first kappa shape index (κ1) is 22.6. The van der Waals surface area contributed by atoms with Crippen LogP contribution < -0.4 is 15.5 Å².